The van der Waals surface area contributed by atoms with Crippen molar-refractivity contribution in [3.63, 3.8) is 0 Å². The van der Waals surface area contributed by atoms with E-state index in [4.69, 9.17) is 4.74 Å². The van der Waals surface area contributed by atoms with Gasteiger partial charge in [-0.2, -0.15) is 0 Å². The monoisotopic (exact) mass is 448 g/mol. The summed E-state index contributed by atoms with van der Waals surface area (Å²) in [5, 5.41) is 9.89. The predicted molar refractivity (Wildman–Crippen MR) is 132 cm³/mol. The van der Waals surface area contributed by atoms with Gasteiger partial charge in [-0.15, -0.1) is 16.8 Å². The summed E-state index contributed by atoms with van der Waals surface area (Å²) in [4.78, 5) is 2.28. The lowest BCUT2D eigenvalue weighted by Gasteiger charge is -2.17. The van der Waals surface area contributed by atoms with Crippen LogP contribution in [0.2, 0.25) is 0 Å². The van der Waals surface area contributed by atoms with Crippen molar-refractivity contribution in [1.82, 2.24) is 19.7 Å². The van der Waals surface area contributed by atoms with E-state index in [2.05, 4.69) is 88.7 Å². The van der Waals surface area contributed by atoms with E-state index in [9.17, 15) is 0 Å². The molecular formula is C26H32N4OS. The SMILES string of the molecule is C=CCn1c(CN(C)Cc2ccc(-c3ccccc3C)cc2)nnc1SC[C@H]1CCCO1. The summed E-state index contributed by atoms with van der Waals surface area (Å²) in [5.74, 6) is 1.90. The normalized spacial score (nSPS) is 16.0. The van der Waals surface area contributed by atoms with Crippen LogP contribution >= 0.6 is 11.8 Å². The first-order valence-electron chi connectivity index (χ1n) is 11.2. The van der Waals surface area contributed by atoms with Crippen LogP contribution < -0.4 is 0 Å². The molecule has 3 aromatic rings. The van der Waals surface area contributed by atoms with Crippen LogP contribution in [0.25, 0.3) is 11.1 Å². The number of hydrogen-bond acceptors (Lipinski definition) is 5. The number of aryl methyl sites for hydroxylation is 1. The summed E-state index contributed by atoms with van der Waals surface area (Å²) < 4.78 is 7.92. The average Bonchev–Trinajstić information content (AvgIpc) is 3.44. The second kappa shape index (κ2) is 10.9. The molecule has 32 heavy (non-hydrogen) atoms. The molecule has 4 rings (SSSR count). The molecule has 5 nitrogen and oxygen atoms in total. The van der Waals surface area contributed by atoms with Gasteiger partial charge < -0.3 is 9.30 Å². The molecule has 1 aliphatic heterocycles. The molecule has 1 saturated heterocycles. The van der Waals surface area contributed by atoms with Gasteiger partial charge in [-0.3, -0.25) is 4.90 Å². The molecule has 0 unspecified atom stereocenters. The maximum absolute atomic E-state index is 5.75. The lowest BCUT2D eigenvalue weighted by molar-refractivity contribution is 0.129. The summed E-state index contributed by atoms with van der Waals surface area (Å²) in [6, 6.07) is 17.4. The number of nitrogens with zero attached hydrogens (tertiary/aromatic N) is 4. The van der Waals surface area contributed by atoms with E-state index in [1.54, 1.807) is 11.8 Å². The van der Waals surface area contributed by atoms with Gasteiger partial charge in [-0.05, 0) is 49.1 Å². The van der Waals surface area contributed by atoms with Crippen LogP contribution in [0.5, 0.6) is 0 Å². The van der Waals surface area contributed by atoms with Crippen LogP contribution in [-0.4, -0.2) is 45.2 Å². The second-order valence-electron chi connectivity index (χ2n) is 8.43. The van der Waals surface area contributed by atoms with Gasteiger partial charge in [0.2, 0.25) is 0 Å². The van der Waals surface area contributed by atoms with Gasteiger partial charge in [0.05, 0.1) is 12.6 Å². The molecule has 0 saturated carbocycles. The molecule has 0 bridgehead atoms. The lowest BCUT2D eigenvalue weighted by Crippen LogP contribution is -2.20. The standard InChI is InChI=1S/C26H32N4OS/c1-4-15-30-25(27-28-26(30)32-19-23-9-7-16-31-23)18-29(3)17-21-11-13-22(14-12-21)24-10-6-5-8-20(24)2/h4-6,8,10-14,23H,1,7,9,15-19H2,2-3H3/t23-/m1/s1. The maximum atomic E-state index is 5.75. The minimum Gasteiger partial charge on any atom is -0.377 e. The molecule has 2 aromatic carbocycles. The lowest BCUT2D eigenvalue weighted by atomic mass is 9.99. The Balaban J connectivity index is 1.38. The predicted octanol–water partition coefficient (Wildman–Crippen LogP) is 5.34. The molecule has 2 heterocycles. The topological polar surface area (TPSA) is 43.2 Å². The van der Waals surface area contributed by atoms with E-state index >= 15 is 0 Å². The highest BCUT2D eigenvalue weighted by Crippen LogP contribution is 2.25. The molecule has 0 aliphatic carbocycles. The third kappa shape index (κ3) is 5.68. The quantitative estimate of drug-likeness (QED) is 0.309. The highest BCUT2D eigenvalue weighted by Gasteiger charge is 2.19. The molecule has 1 aromatic heterocycles. The molecule has 1 aliphatic rings. The molecular weight excluding hydrogens is 416 g/mol. The zero-order valence-electron chi connectivity index (χ0n) is 19.0. The van der Waals surface area contributed by atoms with E-state index < -0.39 is 0 Å². The number of ether oxygens (including phenoxy) is 1. The third-order valence-electron chi connectivity index (χ3n) is 5.80. The summed E-state index contributed by atoms with van der Waals surface area (Å²) in [6.07, 6.45) is 4.54. The fourth-order valence-electron chi connectivity index (χ4n) is 4.09. The fraction of sp³-hybridized carbons (Fsp3) is 0.385. The van der Waals surface area contributed by atoms with Crippen molar-refractivity contribution >= 4 is 11.8 Å². The highest BCUT2D eigenvalue weighted by atomic mass is 32.2. The zero-order chi connectivity index (χ0) is 22.3. The van der Waals surface area contributed by atoms with Crippen molar-refractivity contribution < 1.29 is 4.74 Å². The number of allylic oxidation sites excluding steroid dienone is 1. The minimum absolute atomic E-state index is 0.336. The van der Waals surface area contributed by atoms with Crippen molar-refractivity contribution in [2.75, 3.05) is 19.4 Å². The number of aromatic nitrogens is 3. The van der Waals surface area contributed by atoms with Crippen LogP contribution in [0.15, 0.2) is 66.3 Å². The van der Waals surface area contributed by atoms with E-state index in [1.807, 2.05) is 6.08 Å². The van der Waals surface area contributed by atoms with Crippen LogP contribution in [0.1, 0.15) is 29.8 Å². The van der Waals surface area contributed by atoms with Gasteiger partial charge in [0.15, 0.2) is 5.16 Å². The van der Waals surface area contributed by atoms with Crippen molar-refractivity contribution in [2.45, 2.75) is 50.7 Å². The Labute approximate surface area is 195 Å². The van der Waals surface area contributed by atoms with Crippen LogP contribution in [-0.2, 0) is 24.4 Å². The maximum Gasteiger partial charge on any atom is 0.191 e. The Kier molecular flexibility index (Phi) is 7.79. The van der Waals surface area contributed by atoms with Crippen molar-refractivity contribution in [3.8, 4) is 11.1 Å². The first-order chi connectivity index (χ1) is 15.6. The Bertz CT molecular complexity index is 1020. The van der Waals surface area contributed by atoms with E-state index in [-0.39, 0.29) is 0 Å². The van der Waals surface area contributed by atoms with Gasteiger partial charge in [0, 0.05) is 25.4 Å². The number of hydrogen-bond donors (Lipinski definition) is 0. The van der Waals surface area contributed by atoms with Crippen LogP contribution in [0, 0.1) is 6.92 Å². The summed E-state index contributed by atoms with van der Waals surface area (Å²) >= 11 is 1.73. The summed E-state index contributed by atoms with van der Waals surface area (Å²) in [7, 11) is 2.13. The minimum atomic E-state index is 0.336. The molecule has 168 valence electrons. The van der Waals surface area contributed by atoms with Crippen molar-refractivity contribution in [1.29, 1.82) is 0 Å². The molecule has 1 atom stereocenters. The molecule has 0 N–H and O–H groups in total. The Morgan fingerprint density at radius 2 is 1.97 bits per heavy atom. The van der Waals surface area contributed by atoms with E-state index in [0.29, 0.717) is 6.10 Å². The number of thioether (sulfide) groups is 1. The average molecular weight is 449 g/mol. The zero-order valence-corrected chi connectivity index (χ0v) is 19.9. The number of rotatable bonds is 10. The summed E-state index contributed by atoms with van der Waals surface area (Å²) in [6.45, 7) is 9.26. The van der Waals surface area contributed by atoms with Gasteiger partial charge in [0.1, 0.15) is 5.82 Å². The Morgan fingerprint density at radius 1 is 1.16 bits per heavy atom. The Hall–Kier alpha value is -2.41. The van der Waals surface area contributed by atoms with Gasteiger partial charge >= 0.3 is 0 Å². The fourth-order valence-corrected chi connectivity index (χ4v) is 5.13. The van der Waals surface area contributed by atoms with E-state index in [0.717, 1.165) is 55.8 Å². The first-order valence-corrected chi connectivity index (χ1v) is 12.2. The second-order valence-corrected chi connectivity index (χ2v) is 9.42. The van der Waals surface area contributed by atoms with Crippen LogP contribution in [0.4, 0.5) is 0 Å². The molecule has 0 radical (unpaired) electrons. The van der Waals surface area contributed by atoms with Gasteiger partial charge in [-0.25, -0.2) is 0 Å². The van der Waals surface area contributed by atoms with Gasteiger partial charge in [0.25, 0.3) is 0 Å². The van der Waals surface area contributed by atoms with Crippen molar-refractivity contribution in [3.05, 3.63) is 78.1 Å². The van der Waals surface area contributed by atoms with Crippen LogP contribution in [0.3, 0.4) is 0 Å². The van der Waals surface area contributed by atoms with E-state index in [1.165, 1.54) is 22.3 Å². The largest absolute Gasteiger partial charge is 0.377 e. The summed E-state index contributed by atoms with van der Waals surface area (Å²) in [5.41, 5.74) is 5.13. The first kappa shape index (κ1) is 22.8. The van der Waals surface area contributed by atoms with Gasteiger partial charge in [-0.1, -0.05) is 66.4 Å². The molecule has 1 fully saturated rings. The smallest absolute Gasteiger partial charge is 0.191 e. The Morgan fingerprint density at radius 3 is 2.69 bits per heavy atom. The third-order valence-corrected chi connectivity index (χ3v) is 6.90. The molecule has 0 amide bonds. The highest BCUT2D eigenvalue weighted by molar-refractivity contribution is 7.99. The van der Waals surface area contributed by atoms with Crippen molar-refractivity contribution in [2.24, 2.45) is 0 Å². The molecule has 0 spiro atoms. The molecule has 6 heteroatoms. The number of benzene rings is 2.